The zero-order valence-corrected chi connectivity index (χ0v) is 13.2. The minimum Gasteiger partial charge on any atom is -0.490 e. The van der Waals surface area contributed by atoms with E-state index >= 15 is 0 Å². The van der Waals surface area contributed by atoms with Crippen LogP contribution in [0.4, 0.5) is 5.69 Å². The van der Waals surface area contributed by atoms with Gasteiger partial charge in [-0.1, -0.05) is 6.07 Å². The highest BCUT2D eigenvalue weighted by Gasteiger charge is 2.18. The highest BCUT2D eigenvalue weighted by molar-refractivity contribution is 7.12. The predicted octanol–water partition coefficient (Wildman–Crippen LogP) is 4.00. The topological polar surface area (TPSA) is 65.3 Å². The van der Waals surface area contributed by atoms with Gasteiger partial charge in [0.05, 0.1) is 17.6 Å². The van der Waals surface area contributed by atoms with Crippen molar-refractivity contribution in [3.63, 3.8) is 0 Å². The number of thiophene rings is 1. The van der Waals surface area contributed by atoms with Gasteiger partial charge >= 0.3 is 0 Å². The van der Waals surface area contributed by atoms with E-state index < -0.39 is 0 Å². The first-order valence-corrected chi connectivity index (χ1v) is 8.44. The standard InChI is InChI=1S/C17H20N2O2S/c18-17(16-6-3-9-22-16)19-13-7-8-15(12(10-13)11-20)21-14-4-1-2-5-14/h3,6-10,14,20H,1-2,4-5,11H2,(H2,18,19). The quantitative estimate of drug-likeness (QED) is 0.577. The van der Waals surface area contributed by atoms with Crippen LogP contribution < -0.4 is 10.1 Å². The van der Waals surface area contributed by atoms with E-state index in [2.05, 4.69) is 5.32 Å². The Hall–Kier alpha value is -1.85. The van der Waals surface area contributed by atoms with E-state index in [0.717, 1.165) is 34.7 Å². The van der Waals surface area contributed by atoms with Crippen molar-refractivity contribution >= 4 is 22.9 Å². The minimum absolute atomic E-state index is 0.0656. The fourth-order valence-electron chi connectivity index (χ4n) is 2.71. The number of aliphatic hydroxyl groups excluding tert-OH is 1. The Morgan fingerprint density at radius 1 is 1.32 bits per heavy atom. The monoisotopic (exact) mass is 316 g/mol. The molecule has 1 aromatic heterocycles. The Morgan fingerprint density at radius 2 is 2.14 bits per heavy atom. The fraction of sp³-hybridized carbons (Fsp3) is 0.353. The molecule has 116 valence electrons. The van der Waals surface area contributed by atoms with Gasteiger partial charge in [-0.3, -0.25) is 5.41 Å². The number of aliphatic hydroxyl groups is 1. The van der Waals surface area contributed by atoms with Gasteiger partial charge in [-0.2, -0.15) is 0 Å². The maximum Gasteiger partial charge on any atom is 0.140 e. The molecule has 22 heavy (non-hydrogen) atoms. The van der Waals surface area contributed by atoms with Crippen molar-refractivity contribution in [2.75, 3.05) is 5.32 Å². The highest BCUT2D eigenvalue weighted by Crippen LogP contribution is 2.29. The molecule has 3 N–H and O–H groups in total. The van der Waals surface area contributed by atoms with E-state index in [-0.39, 0.29) is 12.7 Å². The summed E-state index contributed by atoms with van der Waals surface area (Å²) in [5, 5.41) is 22.6. The van der Waals surface area contributed by atoms with Crippen molar-refractivity contribution in [1.82, 2.24) is 0 Å². The lowest BCUT2D eigenvalue weighted by atomic mass is 10.1. The summed E-state index contributed by atoms with van der Waals surface area (Å²) in [5.41, 5.74) is 1.55. The van der Waals surface area contributed by atoms with Crippen LogP contribution in [0.1, 0.15) is 36.1 Å². The number of nitrogens with one attached hydrogen (secondary N) is 2. The zero-order valence-electron chi connectivity index (χ0n) is 12.3. The van der Waals surface area contributed by atoms with Crippen LogP contribution in [-0.4, -0.2) is 17.0 Å². The summed E-state index contributed by atoms with van der Waals surface area (Å²) in [6.45, 7) is -0.0656. The first-order chi connectivity index (χ1) is 10.8. The van der Waals surface area contributed by atoms with Crippen LogP contribution in [-0.2, 0) is 6.61 Å². The second-order valence-corrected chi connectivity index (χ2v) is 6.43. The Bertz CT molecular complexity index is 634. The summed E-state index contributed by atoms with van der Waals surface area (Å²) in [4.78, 5) is 0.886. The molecular weight excluding hydrogens is 296 g/mol. The molecule has 1 aliphatic rings. The Balaban J connectivity index is 1.72. The van der Waals surface area contributed by atoms with Crippen LogP contribution in [0.3, 0.4) is 0 Å². The van der Waals surface area contributed by atoms with Crippen molar-refractivity contribution in [1.29, 1.82) is 5.41 Å². The molecule has 1 saturated carbocycles. The molecular formula is C17H20N2O2S. The SMILES string of the molecule is N=C(Nc1ccc(OC2CCCC2)c(CO)c1)c1cccs1. The maximum atomic E-state index is 9.58. The smallest absolute Gasteiger partial charge is 0.140 e. The second-order valence-electron chi connectivity index (χ2n) is 5.48. The molecule has 1 heterocycles. The van der Waals surface area contributed by atoms with Gasteiger partial charge in [0, 0.05) is 11.3 Å². The van der Waals surface area contributed by atoms with Gasteiger partial charge in [0.15, 0.2) is 0 Å². The summed E-state index contributed by atoms with van der Waals surface area (Å²) in [7, 11) is 0. The molecule has 3 rings (SSSR count). The molecule has 0 atom stereocenters. The average Bonchev–Trinajstić information content (AvgIpc) is 3.21. The summed E-state index contributed by atoms with van der Waals surface area (Å²) >= 11 is 1.52. The number of hydrogen-bond acceptors (Lipinski definition) is 4. The molecule has 0 radical (unpaired) electrons. The van der Waals surface area contributed by atoms with Crippen LogP contribution in [0.2, 0.25) is 0 Å². The molecule has 0 spiro atoms. The maximum absolute atomic E-state index is 9.58. The Labute approximate surface area is 134 Å². The molecule has 1 aromatic carbocycles. The molecule has 4 nitrogen and oxygen atoms in total. The van der Waals surface area contributed by atoms with Crippen molar-refractivity contribution in [3.05, 3.63) is 46.2 Å². The Kier molecular flexibility index (Phi) is 4.75. The molecule has 0 saturated heterocycles. The second kappa shape index (κ2) is 6.94. The largest absolute Gasteiger partial charge is 0.490 e. The average molecular weight is 316 g/mol. The van der Waals surface area contributed by atoms with E-state index in [9.17, 15) is 5.11 Å². The van der Waals surface area contributed by atoms with E-state index in [0.29, 0.717) is 5.84 Å². The van der Waals surface area contributed by atoms with Crippen LogP contribution in [0.5, 0.6) is 5.75 Å². The van der Waals surface area contributed by atoms with Crippen LogP contribution in [0.15, 0.2) is 35.7 Å². The van der Waals surface area contributed by atoms with Crippen molar-refractivity contribution < 1.29 is 9.84 Å². The van der Waals surface area contributed by atoms with Crippen molar-refractivity contribution in [3.8, 4) is 5.75 Å². The summed E-state index contributed by atoms with van der Waals surface area (Å²) in [6, 6.07) is 9.46. The molecule has 0 amide bonds. The predicted molar refractivity (Wildman–Crippen MR) is 90.0 cm³/mol. The number of anilines is 1. The van der Waals surface area contributed by atoms with Gasteiger partial charge in [0.1, 0.15) is 11.6 Å². The van der Waals surface area contributed by atoms with Crippen molar-refractivity contribution in [2.45, 2.75) is 38.4 Å². The van der Waals surface area contributed by atoms with Gasteiger partial charge in [0.2, 0.25) is 0 Å². The third kappa shape index (κ3) is 3.48. The van der Waals surface area contributed by atoms with Crippen LogP contribution in [0.25, 0.3) is 0 Å². The van der Waals surface area contributed by atoms with Crippen LogP contribution in [0, 0.1) is 5.41 Å². The molecule has 2 aromatic rings. The lowest BCUT2D eigenvalue weighted by molar-refractivity contribution is 0.199. The molecule has 1 aliphatic carbocycles. The lowest BCUT2D eigenvalue weighted by Crippen LogP contribution is -2.13. The van der Waals surface area contributed by atoms with Gasteiger partial charge in [-0.15, -0.1) is 11.3 Å². The normalized spacial score (nSPS) is 15.0. The number of amidine groups is 1. The third-order valence-electron chi connectivity index (χ3n) is 3.86. The summed E-state index contributed by atoms with van der Waals surface area (Å²) in [5.74, 6) is 1.12. The number of hydrogen-bond donors (Lipinski definition) is 3. The van der Waals surface area contributed by atoms with E-state index in [4.69, 9.17) is 10.1 Å². The van der Waals surface area contributed by atoms with Crippen molar-refractivity contribution in [2.24, 2.45) is 0 Å². The first kappa shape index (κ1) is 15.1. The first-order valence-electron chi connectivity index (χ1n) is 7.56. The van der Waals surface area contributed by atoms with E-state index in [1.54, 1.807) is 0 Å². The van der Waals surface area contributed by atoms with Gasteiger partial charge in [-0.25, -0.2) is 0 Å². The third-order valence-corrected chi connectivity index (χ3v) is 4.75. The molecule has 1 fully saturated rings. The van der Waals surface area contributed by atoms with E-state index in [1.165, 1.54) is 24.2 Å². The number of benzene rings is 1. The number of ether oxygens (including phenoxy) is 1. The summed E-state index contributed by atoms with van der Waals surface area (Å²) < 4.78 is 5.99. The highest BCUT2D eigenvalue weighted by atomic mass is 32.1. The Morgan fingerprint density at radius 3 is 2.82 bits per heavy atom. The van der Waals surface area contributed by atoms with Gasteiger partial charge in [-0.05, 0) is 55.3 Å². The van der Waals surface area contributed by atoms with Gasteiger partial charge < -0.3 is 15.2 Å². The minimum atomic E-state index is -0.0656. The lowest BCUT2D eigenvalue weighted by Gasteiger charge is -2.17. The molecule has 0 unspecified atom stereocenters. The van der Waals surface area contributed by atoms with Crippen LogP contribution >= 0.6 is 11.3 Å². The van der Waals surface area contributed by atoms with Gasteiger partial charge in [0.25, 0.3) is 0 Å². The molecule has 0 aliphatic heterocycles. The summed E-state index contributed by atoms with van der Waals surface area (Å²) in [6.07, 6.45) is 4.89. The zero-order chi connectivity index (χ0) is 15.4. The molecule has 0 bridgehead atoms. The van der Waals surface area contributed by atoms with E-state index in [1.807, 2.05) is 35.7 Å². The fourth-order valence-corrected chi connectivity index (χ4v) is 3.34. The molecule has 5 heteroatoms. The number of rotatable bonds is 5.